The highest BCUT2D eigenvalue weighted by Gasteiger charge is 2.39. The molecule has 0 bridgehead atoms. The smallest absolute Gasteiger partial charge is 0.235 e. The third-order valence-corrected chi connectivity index (χ3v) is 4.93. The maximum atomic E-state index is 5.91. The molecule has 2 heterocycles. The fourth-order valence-electron chi connectivity index (χ4n) is 3.48. The van der Waals surface area contributed by atoms with Gasteiger partial charge in [-0.05, 0) is 50.2 Å². The van der Waals surface area contributed by atoms with E-state index in [-0.39, 0.29) is 17.8 Å². The van der Waals surface area contributed by atoms with Gasteiger partial charge in [0.05, 0.1) is 12.0 Å². The highest BCUT2D eigenvalue weighted by atomic mass is 35.5. The number of ether oxygens (including phenoxy) is 2. The van der Waals surface area contributed by atoms with E-state index in [2.05, 4.69) is 10.5 Å². The Morgan fingerprint density at radius 2 is 1.79 bits per heavy atom. The first-order valence-electron chi connectivity index (χ1n) is 9.16. The number of nitrogens with zero attached hydrogens (tertiary/aromatic N) is 2. The molecule has 1 aliphatic rings. The van der Waals surface area contributed by atoms with Crippen molar-refractivity contribution in [2.75, 3.05) is 26.8 Å². The molecule has 1 aromatic heterocycles. The Hall–Kier alpha value is -2.41. The van der Waals surface area contributed by atoms with Crippen LogP contribution in [0.5, 0.6) is 11.5 Å². The van der Waals surface area contributed by atoms with Gasteiger partial charge in [0.2, 0.25) is 11.7 Å². The van der Waals surface area contributed by atoms with Crippen molar-refractivity contribution in [2.24, 2.45) is 0 Å². The molecular weight excluding hydrogens is 378 g/mol. The van der Waals surface area contributed by atoms with Gasteiger partial charge >= 0.3 is 0 Å². The number of nitrogens with one attached hydrogen (secondary N) is 1. The van der Waals surface area contributed by atoms with Crippen molar-refractivity contribution in [3.05, 3.63) is 60.5 Å². The molecule has 0 aliphatic carbocycles. The molecule has 0 unspecified atom stereocenters. The van der Waals surface area contributed by atoms with Gasteiger partial charge < -0.3 is 19.3 Å². The quantitative estimate of drug-likeness (QED) is 0.667. The second-order valence-electron chi connectivity index (χ2n) is 6.83. The Balaban J connectivity index is 0.00000225. The predicted octanol–water partition coefficient (Wildman–Crippen LogP) is 4.22. The summed E-state index contributed by atoms with van der Waals surface area (Å²) in [6.45, 7) is 2.41. The summed E-state index contributed by atoms with van der Waals surface area (Å²) in [6.07, 6.45) is 1.83. The molecule has 3 aromatic rings. The number of benzene rings is 2. The summed E-state index contributed by atoms with van der Waals surface area (Å²) in [5.74, 6) is 2.74. The third kappa shape index (κ3) is 4.35. The minimum absolute atomic E-state index is 0. The molecule has 4 rings (SSSR count). The van der Waals surface area contributed by atoms with E-state index in [1.165, 1.54) is 0 Å². The zero-order chi connectivity index (χ0) is 18.5. The molecule has 0 spiro atoms. The molecule has 2 aromatic carbocycles. The van der Waals surface area contributed by atoms with E-state index in [0.29, 0.717) is 18.3 Å². The van der Waals surface area contributed by atoms with Crippen LogP contribution >= 0.6 is 12.4 Å². The van der Waals surface area contributed by atoms with E-state index >= 15 is 0 Å². The average molecular weight is 402 g/mol. The van der Waals surface area contributed by atoms with Crippen molar-refractivity contribution in [1.29, 1.82) is 0 Å². The number of aromatic nitrogens is 2. The molecule has 28 heavy (non-hydrogen) atoms. The van der Waals surface area contributed by atoms with E-state index in [9.17, 15) is 0 Å². The van der Waals surface area contributed by atoms with Gasteiger partial charge in [-0.25, -0.2) is 0 Å². The summed E-state index contributed by atoms with van der Waals surface area (Å²) in [4.78, 5) is 4.70. The second-order valence-corrected chi connectivity index (χ2v) is 6.83. The van der Waals surface area contributed by atoms with E-state index in [1.54, 1.807) is 7.11 Å². The third-order valence-electron chi connectivity index (χ3n) is 4.93. The fraction of sp³-hybridized carbons (Fsp3) is 0.333. The SMILES string of the molecule is COCC1(c2nc(-c3cccc(Oc4ccccc4)c3)no2)CCNCC1.Cl. The maximum Gasteiger partial charge on any atom is 0.235 e. The molecule has 0 radical (unpaired) electrons. The van der Waals surface area contributed by atoms with Crippen LogP contribution in [0.3, 0.4) is 0 Å². The molecular formula is C21H24ClN3O3. The Kier molecular flexibility index (Phi) is 6.67. The Morgan fingerprint density at radius 3 is 2.54 bits per heavy atom. The molecule has 0 amide bonds. The first-order valence-corrected chi connectivity index (χ1v) is 9.16. The molecule has 6 nitrogen and oxygen atoms in total. The fourth-order valence-corrected chi connectivity index (χ4v) is 3.48. The highest BCUT2D eigenvalue weighted by molar-refractivity contribution is 5.85. The topological polar surface area (TPSA) is 69.4 Å². The molecule has 148 valence electrons. The zero-order valence-corrected chi connectivity index (χ0v) is 16.6. The highest BCUT2D eigenvalue weighted by Crippen LogP contribution is 2.34. The van der Waals surface area contributed by atoms with Crippen LogP contribution < -0.4 is 10.1 Å². The van der Waals surface area contributed by atoms with Crippen molar-refractivity contribution in [3.8, 4) is 22.9 Å². The number of hydrogen-bond acceptors (Lipinski definition) is 6. The summed E-state index contributed by atoms with van der Waals surface area (Å²) < 4.78 is 17.0. The molecule has 0 atom stereocenters. The number of para-hydroxylation sites is 1. The monoisotopic (exact) mass is 401 g/mol. The summed E-state index contributed by atoms with van der Waals surface area (Å²) >= 11 is 0. The molecule has 1 saturated heterocycles. The van der Waals surface area contributed by atoms with Crippen molar-refractivity contribution in [3.63, 3.8) is 0 Å². The standard InChI is InChI=1S/C21H23N3O3.ClH/c1-25-15-21(10-12-22-13-11-21)20-23-19(24-27-20)16-6-5-9-18(14-16)26-17-7-3-2-4-8-17;/h2-9,14,22H,10-13,15H2,1H3;1H. The van der Waals surface area contributed by atoms with Crippen LogP contribution in [-0.2, 0) is 10.2 Å². The predicted molar refractivity (Wildman–Crippen MR) is 109 cm³/mol. The number of rotatable bonds is 6. The molecule has 7 heteroatoms. The average Bonchev–Trinajstić information content (AvgIpc) is 3.21. The lowest BCUT2D eigenvalue weighted by molar-refractivity contribution is 0.0850. The summed E-state index contributed by atoms with van der Waals surface area (Å²) in [6, 6.07) is 17.4. The van der Waals surface area contributed by atoms with Gasteiger partial charge in [-0.2, -0.15) is 4.98 Å². The van der Waals surface area contributed by atoms with Crippen molar-refractivity contribution < 1.29 is 14.0 Å². The molecule has 1 aliphatic heterocycles. The van der Waals surface area contributed by atoms with Crippen molar-refractivity contribution in [1.82, 2.24) is 15.5 Å². The molecule has 1 N–H and O–H groups in total. The Morgan fingerprint density at radius 1 is 1.04 bits per heavy atom. The Bertz CT molecular complexity index is 874. The van der Waals surface area contributed by atoms with Crippen LogP contribution in [0, 0.1) is 0 Å². The minimum Gasteiger partial charge on any atom is -0.457 e. The van der Waals surface area contributed by atoms with Crippen molar-refractivity contribution >= 4 is 12.4 Å². The first kappa shape index (κ1) is 20.3. The summed E-state index contributed by atoms with van der Waals surface area (Å²) in [7, 11) is 1.71. The van der Waals surface area contributed by atoms with E-state index in [4.69, 9.17) is 19.0 Å². The van der Waals surface area contributed by atoms with Crippen LogP contribution in [0.1, 0.15) is 18.7 Å². The van der Waals surface area contributed by atoms with Gasteiger partial charge in [0.1, 0.15) is 11.5 Å². The number of hydrogen-bond donors (Lipinski definition) is 1. The molecule has 0 saturated carbocycles. The van der Waals surface area contributed by atoms with Crippen molar-refractivity contribution in [2.45, 2.75) is 18.3 Å². The first-order chi connectivity index (χ1) is 13.3. The van der Waals surface area contributed by atoms with Crippen LogP contribution in [0.15, 0.2) is 59.1 Å². The van der Waals surface area contributed by atoms with E-state index in [1.807, 2.05) is 54.6 Å². The van der Waals surface area contributed by atoms with Crippen LogP contribution in [-0.4, -0.2) is 36.9 Å². The maximum absolute atomic E-state index is 5.91. The number of piperidine rings is 1. The van der Waals surface area contributed by atoms with Gasteiger partial charge in [0.25, 0.3) is 0 Å². The number of halogens is 1. The number of methoxy groups -OCH3 is 1. The van der Waals surface area contributed by atoms with Gasteiger partial charge in [0.15, 0.2) is 0 Å². The Labute approximate surface area is 170 Å². The second kappa shape index (κ2) is 9.19. The van der Waals surface area contributed by atoms with Crippen LogP contribution in [0.4, 0.5) is 0 Å². The lowest BCUT2D eigenvalue weighted by atomic mass is 9.79. The van der Waals surface area contributed by atoms with Crippen LogP contribution in [0.25, 0.3) is 11.4 Å². The van der Waals surface area contributed by atoms with Gasteiger partial charge in [-0.3, -0.25) is 0 Å². The van der Waals surface area contributed by atoms with Gasteiger partial charge in [-0.15, -0.1) is 12.4 Å². The van der Waals surface area contributed by atoms with Gasteiger partial charge in [-0.1, -0.05) is 35.5 Å². The largest absolute Gasteiger partial charge is 0.457 e. The normalized spacial score (nSPS) is 15.6. The lowest BCUT2D eigenvalue weighted by Gasteiger charge is -2.33. The van der Waals surface area contributed by atoms with E-state index in [0.717, 1.165) is 43.0 Å². The van der Waals surface area contributed by atoms with Gasteiger partial charge in [0, 0.05) is 12.7 Å². The minimum atomic E-state index is -0.219. The zero-order valence-electron chi connectivity index (χ0n) is 15.8. The van der Waals surface area contributed by atoms with E-state index < -0.39 is 0 Å². The summed E-state index contributed by atoms with van der Waals surface area (Å²) in [5.41, 5.74) is 0.642. The van der Waals surface area contributed by atoms with Crippen LogP contribution in [0.2, 0.25) is 0 Å². The molecule has 1 fully saturated rings. The summed E-state index contributed by atoms with van der Waals surface area (Å²) in [5, 5.41) is 7.59. The lowest BCUT2D eigenvalue weighted by Crippen LogP contribution is -2.43.